The molecule has 0 bridgehead atoms. The summed E-state index contributed by atoms with van der Waals surface area (Å²) in [6.07, 6.45) is 4.21. The lowest BCUT2D eigenvalue weighted by Gasteiger charge is -2.12. The lowest BCUT2D eigenvalue weighted by Crippen LogP contribution is -2.19. The van der Waals surface area contributed by atoms with E-state index in [9.17, 15) is 0 Å². The summed E-state index contributed by atoms with van der Waals surface area (Å²) in [4.78, 5) is 0. The Morgan fingerprint density at radius 3 is 2.88 bits per heavy atom. The Morgan fingerprint density at radius 1 is 1.53 bits per heavy atom. The maximum atomic E-state index is 5.89. The molecule has 1 aromatic heterocycles. The Balaban J connectivity index is 2.46. The maximum absolute atomic E-state index is 5.89. The topological polar surface area (TPSA) is 43.8 Å². The smallest absolute Gasteiger partial charge is 0.0790 e. The minimum absolute atomic E-state index is 0.112. The van der Waals surface area contributed by atoms with Crippen molar-refractivity contribution in [3.63, 3.8) is 0 Å². The molecule has 90 valence electrons. The highest BCUT2D eigenvalue weighted by atomic mass is 79.9. The molecule has 0 aliphatic heterocycles. The second-order valence-electron chi connectivity index (χ2n) is 4.06. The van der Waals surface area contributed by atoms with E-state index < -0.39 is 0 Å². The first-order valence-corrected chi connectivity index (χ1v) is 6.48. The van der Waals surface area contributed by atoms with Crippen molar-refractivity contribution < 1.29 is 0 Å². The molecule has 1 heterocycles. The molecule has 0 aliphatic rings. The molecule has 3 nitrogen and oxygen atoms in total. The Labute approximate surface area is 114 Å². The summed E-state index contributed by atoms with van der Waals surface area (Å²) in [7, 11) is 0. The predicted molar refractivity (Wildman–Crippen MR) is 73.6 cm³/mol. The zero-order valence-corrected chi connectivity index (χ0v) is 11.7. The average molecular weight is 315 g/mol. The van der Waals surface area contributed by atoms with Gasteiger partial charge in [0.25, 0.3) is 0 Å². The summed E-state index contributed by atoms with van der Waals surface area (Å²) in [5.41, 5.74) is 8.01. The number of rotatable bonds is 3. The average Bonchev–Trinajstić information content (AvgIpc) is 2.67. The molecule has 0 saturated heterocycles. The van der Waals surface area contributed by atoms with Crippen molar-refractivity contribution in [2.24, 2.45) is 5.73 Å². The van der Waals surface area contributed by atoms with Gasteiger partial charge in [0.15, 0.2) is 0 Å². The molecule has 5 heteroatoms. The van der Waals surface area contributed by atoms with E-state index in [1.54, 1.807) is 17.1 Å². The molecule has 2 rings (SSSR count). The summed E-state index contributed by atoms with van der Waals surface area (Å²) in [5.74, 6) is 0. The Kier molecular flexibility index (Phi) is 3.86. The molecule has 0 fully saturated rings. The third-order valence-corrected chi connectivity index (χ3v) is 3.08. The van der Waals surface area contributed by atoms with Crippen molar-refractivity contribution in [3.8, 4) is 5.69 Å². The Morgan fingerprint density at radius 2 is 2.29 bits per heavy atom. The minimum atomic E-state index is 0.112. The molecule has 0 spiro atoms. The van der Waals surface area contributed by atoms with Gasteiger partial charge in [0.05, 0.1) is 16.9 Å². The van der Waals surface area contributed by atoms with Crippen LogP contribution in [0.1, 0.15) is 12.5 Å². The third-order valence-electron chi connectivity index (χ3n) is 2.39. The van der Waals surface area contributed by atoms with Gasteiger partial charge in [-0.1, -0.05) is 33.6 Å². The first-order valence-electron chi connectivity index (χ1n) is 5.31. The zero-order valence-electron chi connectivity index (χ0n) is 9.40. The normalized spacial score (nSPS) is 12.7. The van der Waals surface area contributed by atoms with E-state index in [1.165, 1.54) is 0 Å². The predicted octanol–water partition coefficient (Wildman–Crippen LogP) is 3.18. The summed E-state index contributed by atoms with van der Waals surface area (Å²) < 4.78 is 2.78. The fourth-order valence-electron chi connectivity index (χ4n) is 1.70. The summed E-state index contributed by atoms with van der Waals surface area (Å²) >= 11 is 9.35. The summed E-state index contributed by atoms with van der Waals surface area (Å²) in [6, 6.07) is 6.19. The molecule has 0 saturated carbocycles. The quantitative estimate of drug-likeness (QED) is 0.945. The van der Waals surface area contributed by atoms with Crippen molar-refractivity contribution in [1.29, 1.82) is 0 Å². The van der Waals surface area contributed by atoms with Gasteiger partial charge >= 0.3 is 0 Å². The van der Waals surface area contributed by atoms with Gasteiger partial charge in [-0.15, -0.1) is 0 Å². The van der Waals surface area contributed by atoms with Crippen LogP contribution in [0.4, 0.5) is 0 Å². The van der Waals surface area contributed by atoms with Gasteiger partial charge in [-0.3, -0.25) is 0 Å². The molecular formula is C12H13BrClN3. The van der Waals surface area contributed by atoms with Crippen molar-refractivity contribution in [3.05, 3.63) is 45.7 Å². The SMILES string of the molecule is CC(N)Cc1ccc(Br)cc1-n1cc(Cl)cn1. The monoisotopic (exact) mass is 313 g/mol. The molecule has 0 amide bonds. The van der Waals surface area contributed by atoms with E-state index in [1.807, 2.05) is 19.1 Å². The van der Waals surface area contributed by atoms with E-state index in [0.717, 1.165) is 22.1 Å². The van der Waals surface area contributed by atoms with E-state index in [4.69, 9.17) is 17.3 Å². The Hall–Kier alpha value is -0.840. The largest absolute Gasteiger partial charge is 0.328 e. The van der Waals surface area contributed by atoms with Crippen LogP contribution in [0.3, 0.4) is 0 Å². The molecule has 0 radical (unpaired) electrons. The van der Waals surface area contributed by atoms with Crippen LogP contribution in [0.5, 0.6) is 0 Å². The van der Waals surface area contributed by atoms with Crippen molar-refractivity contribution in [2.45, 2.75) is 19.4 Å². The van der Waals surface area contributed by atoms with Crippen LogP contribution in [-0.4, -0.2) is 15.8 Å². The number of aromatic nitrogens is 2. The van der Waals surface area contributed by atoms with Crippen LogP contribution in [0, 0.1) is 0 Å². The standard InChI is InChI=1S/C12H13BrClN3/c1-8(15)4-9-2-3-10(13)5-12(9)17-7-11(14)6-16-17/h2-3,5-8H,4,15H2,1H3. The number of nitrogens with zero attached hydrogens (tertiary/aromatic N) is 2. The zero-order chi connectivity index (χ0) is 12.4. The molecular weight excluding hydrogens is 302 g/mol. The molecule has 0 aliphatic carbocycles. The second kappa shape index (κ2) is 5.21. The van der Waals surface area contributed by atoms with Crippen LogP contribution >= 0.6 is 27.5 Å². The van der Waals surface area contributed by atoms with Crippen LogP contribution in [-0.2, 0) is 6.42 Å². The number of hydrogen-bond donors (Lipinski definition) is 1. The van der Waals surface area contributed by atoms with Gasteiger partial charge in [0.1, 0.15) is 0 Å². The number of halogens is 2. The summed E-state index contributed by atoms with van der Waals surface area (Å²) in [6.45, 7) is 1.99. The van der Waals surface area contributed by atoms with E-state index in [0.29, 0.717) is 5.02 Å². The highest BCUT2D eigenvalue weighted by Crippen LogP contribution is 2.22. The van der Waals surface area contributed by atoms with Crippen LogP contribution in [0.2, 0.25) is 5.02 Å². The lowest BCUT2D eigenvalue weighted by atomic mass is 10.1. The molecule has 1 aromatic carbocycles. The van der Waals surface area contributed by atoms with Crippen LogP contribution < -0.4 is 5.73 Å². The van der Waals surface area contributed by atoms with Crippen molar-refractivity contribution >= 4 is 27.5 Å². The van der Waals surface area contributed by atoms with Gasteiger partial charge in [0, 0.05) is 16.7 Å². The van der Waals surface area contributed by atoms with Crippen molar-refractivity contribution in [1.82, 2.24) is 9.78 Å². The van der Waals surface area contributed by atoms with Gasteiger partial charge in [-0.05, 0) is 31.0 Å². The maximum Gasteiger partial charge on any atom is 0.0790 e. The van der Waals surface area contributed by atoms with Crippen LogP contribution in [0.25, 0.3) is 5.69 Å². The fraction of sp³-hybridized carbons (Fsp3) is 0.250. The van der Waals surface area contributed by atoms with Gasteiger partial charge in [-0.25, -0.2) is 4.68 Å². The number of benzene rings is 1. The molecule has 1 atom stereocenters. The van der Waals surface area contributed by atoms with Gasteiger partial charge in [-0.2, -0.15) is 5.10 Å². The first kappa shape index (κ1) is 12.6. The van der Waals surface area contributed by atoms with Crippen molar-refractivity contribution in [2.75, 3.05) is 0 Å². The third kappa shape index (κ3) is 3.09. The first-order chi connectivity index (χ1) is 8.06. The highest BCUT2D eigenvalue weighted by molar-refractivity contribution is 9.10. The van der Waals surface area contributed by atoms with E-state index in [-0.39, 0.29) is 6.04 Å². The fourth-order valence-corrected chi connectivity index (χ4v) is 2.19. The van der Waals surface area contributed by atoms with Gasteiger partial charge in [0.2, 0.25) is 0 Å². The second-order valence-corrected chi connectivity index (χ2v) is 5.41. The Bertz CT molecular complexity index is 522. The van der Waals surface area contributed by atoms with Gasteiger partial charge < -0.3 is 5.73 Å². The summed E-state index contributed by atoms with van der Waals surface area (Å²) in [5, 5.41) is 4.84. The molecule has 2 N–H and O–H groups in total. The number of nitrogens with two attached hydrogens (primary N) is 1. The number of hydrogen-bond acceptors (Lipinski definition) is 2. The molecule has 1 unspecified atom stereocenters. The molecule has 17 heavy (non-hydrogen) atoms. The molecule has 2 aromatic rings. The van der Waals surface area contributed by atoms with Crippen LogP contribution in [0.15, 0.2) is 35.1 Å². The van der Waals surface area contributed by atoms with E-state index >= 15 is 0 Å². The minimum Gasteiger partial charge on any atom is -0.328 e. The lowest BCUT2D eigenvalue weighted by molar-refractivity contribution is 0.727. The van der Waals surface area contributed by atoms with E-state index in [2.05, 4.69) is 27.1 Å². The highest BCUT2D eigenvalue weighted by Gasteiger charge is 2.08.